The van der Waals surface area contributed by atoms with E-state index in [0.717, 1.165) is 12.1 Å². The molecule has 0 spiro atoms. The lowest BCUT2D eigenvalue weighted by Gasteiger charge is -2.15. The van der Waals surface area contributed by atoms with Crippen LogP contribution >= 0.6 is 11.6 Å². The van der Waals surface area contributed by atoms with Crippen LogP contribution in [-0.2, 0) is 10.7 Å². The lowest BCUT2D eigenvalue weighted by molar-refractivity contribution is -0.145. The Morgan fingerprint density at radius 3 is 2.60 bits per heavy atom. The van der Waals surface area contributed by atoms with Gasteiger partial charge in [0.15, 0.2) is 0 Å². The first-order chi connectivity index (χ1) is 6.83. The molecule has 2 nitrogen and oxygen atoms in total. The highest BCUT2D eigenvalue weighted by molar-refractivity contribution is 6.31. The largest absolute Gasteiger partial charge is 0.481 e. The maximum atomic E-state index is 13.2. The number of carboxylic acids is 1. The predicted molar refractivity (Wildman–Crippen MR) is 47.6 cm³/mol. The fourth-order valence-electron chi connectivity index (χ4n) is 1.06. The molecule has 0 unspecified atom stereocenters. The summed E-state index contributed by atoms with van der Waals surface area (Å²) < 4.78 is 39.1. The molecule has 0 aliphatic carbocycles. The normalized spacial score (nSPS) is 11.5. The molecule has 0 aromatic heterocycles. The number of carboxylic acid groups (broad SMARTS) is 1. The van der Waals surface area contributed by atoms with Gasteiger partial charge in [-0.25, -0.2) is 13.2 Å². The van der Waals surface area contributed by atoms with Gasteiger partial charge < -0.3 is 5.11 Å². The van der Waals surface area contributed by atoms with Crippen molar-refractivity contribution in [3.05, 3.63) is 34.6 Å². The molecule has 0 fully saturated rings. The molecule has 1 aromatic rings. The molecule has 1 N–H and O–H groups in total. The molecule has 0 amide bonds. The van der Waals surface area contributed by atoms with E-state index in [-0.39, 0.29) is 5.02 Å². The van der Waals surface area contributed by atoms with Crippen LogP contribution in [0.5, 0.6) is 0 Å². The summed E-state index contributed by atoms with van der Waals surface area (Å²) in [6.45, 7) is 0. The van der Waals surface area contributed by atoms with Crippen LogP contribution < -0.4 is 0 Å². The van der Waals surface area contributed by atoms with E-state index in [0.29, 0.717) is 6.07 Å². The summed E-state index contributed by atoms with van der Waals surface area (Å²) in [5.41, 5.74) is -0.813. The fourth-order valence-corrected chi connectivity index (χ4v) is 1.32. The van der Waals surface area contributed by atoms with Gasteiger partial charge >= 0.3 is 5.97 Å². The van der Waals surface area contributed by atoms with Gasteiger partial charge in [0.2, 0.25) is 0 Å². The minimum atomic E-state index is -3.68. The number of benzene rings is 1. The summed E-state index contributed by atoms with van der Waals surface area (Å²) >= 11 is 5.42. The van der Waals surface area contributed by atoms with Crippen molar-refractivity contribution in [1.29, 1.82) is 0 Å². The van der Waals surface area contributed by atoms with Crippen molar-refractivity contribution >= 4 is 17.6 Å². The molecule has 0 heterocycles. The number of hydrogen-bond acceptors (Lipinski definition) is 1. The number of alkyl halides is 2. The van der Waals surface area contributed by atoms with Crippen molar-refractivity contribution in [2.45, 2.75) is 12.3 Å². The topological polar surface area (TPSA) is 37.3 Å². The summed E-state index contributed by atoms with van der Waals surface area (Å²) in [6.07, 6.45) is -1.42. The number of halogens is 4. The van der Waals surface area contributed by atoms with Gasteiger partial charge in [0.25, 0.3) is 5.92 Å². The van der Waals surface area contributed by atoms with E-state index in [9.17, 15) is 18.0 Å². The molecular weight excluding hydrogens is 233 g/mol. The van der Waals surface area contributed by atoms with Crippen LogP contribution in [0.3, 0.4) is 0 Å². The zero-order valence-electron chi connectivity index (χ0n) is 7.31. The van der Waals surface area contributed by atoms with Crippen molar-refractivity contribution in [2.24, 2.45) is 0 Å². The zero-order valence-corrected chi connectivity index (χ0v) is 8.06. The highest BCUT2D eigenvalue weighted by Crippen LogP contribution is 2.36. The first kappa shape index (κ1) is 11.8. The molecule has 0 aliphatic rings. The molecule has 1 aromatic carbocycles. The van der Waals surface area contributed by atoms with Gasteiger partial charge in [-0.15, -0.1) is 0 Å². The quantitative estimate of drug-likeness (QED) is 0.879. The Hall–Kier alpha value is -1.23. The molecule has 6 heteroatoms. The maximum absolute atomic E-state index is 13.2. The summed E-state index contributed by atoms with van der Waals surface area (Å²) in [6, 6.07) is 2.41. The lowest BCUT2D eigenvalue weighted by Crippen LogP contribution is -2.19. The minimum absolute atomic E-state index is 0.359. The van der Waals surface area contributed by atoms with Crippen LogP contribution in [0, 0.1) is 5.82 Å². The van der Waals surface area contributed by atoms with Gasteiger partial charge in [-0.05, 0) is 18.2 Å². The van der Waals surface area contributed by atoms with Crippen LogP contribution in [0.1, 0.15) is 12.0 Å². The maximum Gasteiger partial charge on any atom is 0.309 e. The van der Waals surface area contributed by atoms with Crippen molar-refractivity contribution in [3.63, 3.8) is 0 Å². The molecule has 0 aliphatic heterocycles. The Balaban J connectivity index is 3.13. The van der Waals surface area contributed by atoms with E-state index in [4.69, 9.17) is 16.7 Å². The first-order valence-electron chi connectivity index (χ1n) is 3.88. The molecule has 0 radical (unpaired) electrons. The molecule has 1 rings (SSSR count). The van der Waals surface area contributed by atoms with Crippen molar-refractivity contribution in [3.8, 4) is 0 Å². The van der Waals surface area contributed by atoms with E-state index >= 15 is 0 Å². The Labute approximate surface area is 88.3 Å². The molecular formula is C9H6ClF3O2. The SMILES string of the molecule is O=C(O)CC(F)(F)c1cc(F)ccc1Cl. The van der Waals surface area contributed by atoms with Crippen molar-refractivity contribution in [2.75, 3.05) is 0 Å². The minimum Gasteiger partial charge on any atom is -0.481 e. The Morgan fingerprint density at radius 2 is 2.07 bits per heavy atom. The number of carbonyl (C=O) groups is 1. The van der Waals surface area contributed by atoms with E-state index in [1.807, 2.05) is 0 Å². The lowest BCUT2D eigenvalue weighted by atomic mass is 10.1. The third-order valence-electron chi connectivity index (χ3n) is 1.70. The van der Waals surface area contributed by atoms with Gasteiger partial charge in [-0.1, -0.05) is 11.6 Å². The second kappa shape index (κ2) is 4.10. The standard InChI is InChI=1S/C9H6ClF3O2/c10-7-2-1-5(11)3-6(7)9(12,13)4-8(14)15/h1-3H,4H2,(H,14,15). The van der Waals surface area contributed by atoms with E-state index in [1.54, 1.807) is 0 Å². The monoisotopic (exact) mass is 238 g/mol. The summed E-state index contributed by atoms with van der Waals surface area (Å²) in [4.78, 5) is 10.2. The van der Waals surface area contributed by atoms with Gasteiger partial charge in [-0.2, -0.15) is 0 Å². The number of hydrogen-bond donors (Lipinski definition) is 1. The Bertz CT molecular complexity index is 393. The van der Waals surface area contributed by atoms with Crippen molar-refractivity contribution in [1.82, 2.24) is 0 Å². The summed E-state index contributed by atoms with van der Waals surface area (Å²) in [7, 11) is 0. The fraction of sp³-hybridized carbons (Fsp3) is 0.222. The third-order valence-corrected chi connectivity index (χ3v) is 2.03. The first-order valence-corrected chi connectivity index (χ1v) is 4.26. The summed E-state index contributed by atoms with van der Waals surface area (Å²) in [5, 5.41) is 7.90. The predicted octanol–water partition coefficient (Wildman–Crippen LogP) is 3.05. The zero-order chi connectivity index (χ0) is 11.6. The molecule has 0 saturated carbocycles. The molecule has 15 heavy (non-hydrogen) atoms. The van der Waals surface area contributed by atoms with Crippen LogP contribution in [0.25, 0.3) is 0 Å². The Morgan fingerprint density at radius 1 is 1.47 bits per heavy atom. The summed E-state index contributed by atoms with van der Waals surface area (Å²) in [5.74, 6) is -6.25. The van der Waals surface area contributed by atoms with E-state index in [2.05, 4.69) is 0 Å². The van der Waals surface area contributed by atoms with E-state index in [1.165, 1.54) is 0 Å². The third kappa shape index (κ3) is 2.86. The molecule has 0 bridgehead atoms. The van der Waals surface area contributed by atoms with Crippen LogP contribution in [0.4, 0.5) is 13.2 Å². The second-order valence-electron chi connectivity index (χ2n) is 2.90. The van der Waals surface area contributed by atoms with Gasteiger partial charge in [0.05, 0.1) is 0 Å². The van der Waals surface area contributed by atoms with Crippen molar-refractivity contribution < 1.29 is 23.1 Å². The molecule has 0 atom stereocenters. The second-order valence-corrected chi connectivity index (χ2v) is 3.31. The van der Waals surface area contributed by atoms with Gasteiger partial charge in [0, 0.05) is 10.6 Å². The average molecular weight is 239 g/mol. The van der Waals surface area contributed by atoms with Crippen LogP contribution in [0.15, 0.2) is 18.2 Å². The molecule has 82 valence electrons. The number of rotatable bonds is 3. The van der Waals surface area contributed by atoms with Crippen LogP contribution in [-0.4, -0.2) is 11.1 Å². The van der Waals surface area contributed by atoms with Gasteiger partial charge in [0.1, 0.15) is 12.2 Å². The highest BCUT2D eigenvalue weighted by atomic mass is 35.5. The average Bonchev–Trinajstić information content (AvgIpc) is 2.06. The Kier molecular flexibility index (Phi) is 3.24. The highest BCUT2D eigenvalue weighted by Gasteiger charge is 2.36. The van der Waals surface area contributed by atoms with Crippen LogP contribution in [0.2, 0.25) is 5.02 Å². The smallest absolute Gasteiger partial charge is 0.309 e. The number of aliphatic carboxylic acids is 1. The van der Waals surface area contributed by atoms with Gasteiger partial charge in [-0.3, -0.25) is 4.79 Å². The molecule has 0 saturated heterocycles. The van der Waals surface area contributed by atoms with E-state index < -0.39 is 29.7 Å².